The van der Waals surface area contributed by atoms with Crippen molar-refractivity contribution in [2.75, 3.05) is 17.2 Å². The second kappa shape index (κ2) is 8.00. The van der Waals surface area contributed by atoms with Gasteiger partial charge in [0.15, 0.2) is 0 Å². The number of carbonyl (C=O) groups is 1. The number of aromatic nitrogens is 3. The quantitative estimate of drug-likeness (QED) is 0.658. The van der Waals surface area contributed by atoms with Crippen molar-refractivity contribution in [3.8, 4) is 0 Å². The standard InChI is InChI=1S/C19H16Cl2N6O/c20-13-6-14(21)8-16(7-13)24-18-23-9-12-11-27(5-3-17(12)26-18)19(28)25-15-2-1-4-22-10-15/h1-2,4,6-10H,3,5,11H2,(H,25,28)(H,23,24,26). The molecule has 3 aromatic rings. The molecule has 7 nitrogen and oxygen atoms in total. The molecule has 1 aromatic carbocycles. The Kier molecular flexibility index (Phi) is 5.27. The van der Waals surface area contributed by atoms with Crippen LogP contribution < -0.4 is 10.6 Å². The van der Waals surface area contributed by atoms with Gasteiger partial charge in [-0.1, -0.05) is 23.2 Å². The molecular formula is C19H16Cl2N6O. The number of rotatable bonds is 3. The van der Waals surface area contributed by atoms with Gasteiger partial charge >= 0.3 is 6.03 Å². The minimum Gasteiger partial charge on any atom is -0.324 e. The molecule has 28 heavy (non-hydrogen) atoms. The predicted molar refractivity (Wildman–Crippen MR) is 109 cm³/mol. The lowest BCUT2D eigenvalue weighted by Crippen LogP contribution is -2.39. The average molecular weight is 415 g/mol. The zero-order valence-electron chi connectivity index (χ0n) is 14.7. The lowest BCUT2D eigenvalue weighted by molar-refractivity contribution is 0.206. The molecule has 9 heteroatoms. The van der Waals surface area contributed by atoms with Gasteiger partial charge in [-0.2, -0.15) is 0 Å². The van der Waals surface area contributed by atoms with E-state index in [9.17, 15) is 4.79 Å². The molecule has 2 N–H and O–H groups in total. The molecule has 4 rings (SSSR count). The van der Waals surface area contributed by atoms with E-state index in [1.807, 2.05) is 0 Å². The third-order valence-corrected chi connectivity index (χ3v) is 4.69. The summed E-state index contributed by atoms with van der Waals surface area (Å²) in [4.78, 5) is 27.1. The Hall–Kier alpha value is -2.90. The monoisotopic (exact) mass is 414 g/mol. The van der Waals surface area contributed by atoms with Crippen LogP contribution in [0.5, 0.6) is 0 Å². The highest BCUT2D eigenvalue weighted by Gasteiger charge is 2.22. The van der Waals surface area contributed by atoms with E-state index in [0.717, 1.165) is 11.3 Å². The molecule has 0 saturated heterocycles. The van der Waals surface area contributed by atoms with Crippen LogP contribution in [0, 0.1) is 0 Å². The Morgan fingerprint density at radius 2 is 1.93 bits per heavy atom. The maximum Gasteiger partial charge on any atom is 0.322 e. The van der Waals surface area contributed by atoms with Crippen molar-refractivity contribution in [3.63, 3.8) is 0 Å². The summed E-state index contributed by atoms with van der Waals surface area (Å²) in [5.74, 6) is 0.463. The summed E-state index contributed by atoms with van der Waals surface area (Å²) in [5.41, 5.74) is 3.21. The van der Waals surface area contributed by atoms with Gasteiger partial charge in [0, 0.05) is 46.7 Å². The number of nitrogens with zero attached hydrogens (tertiary/aromatic N) is 4. The molecular weight excluding hydrogens is 399 g/mol. The maximum absolute atomic E-state index is 12.5. The van der Waals surface area contributed by atoms with Gasteiger partial charge in [-0.25, -0.2) is 14.8 Å². The zero-order chi connectivity index (χ0) is 19.5. The number of nitrogens with one attached hydrogen (secondary N) is 2. The Balaban J connectivity index is 1.44. The van der Waals surface area contributed by atoms with Crippen LogP contribution in [0.1, 0.15) is 11.3 Å². The first kappa shape index (κ1) is 18.5. The van der Waals surface area contributed by atoms with Crippen molar-refractivity contribution in [1.29, 1.82) is 0 Å². The van der Waals surface area contributed by atoms with Crippen LogP contribution in [0.4, 0.5) is 22.1 Å². The van der Waals surface area contributed by atoms with Crippen LogP contribution in [0.2, 0.25) is 10.0 Å². The molecule has 2 aromatic heterocycles. The number of anilines is 3. The first-order chi connectivity index (χ1) is 13.6. The molecule has 1 aliphatic rings. The summed E-state index contributed by atoms with van der Waals surface area (Å²) in [6.07, 6.45) is 5.65. The molecule has 0 bridgehead atoms. The van der Waals surface area contributed by atoms with Gasteiger partial charge in [0.25, 0.3) is 0 Å². The van der Waals surface area contributed by atoms with E-state index in [1.54, 1.807) is 53.8 Å². The SMILES string of the molecule is O=C(Nc1cccnc1)N1CCc2nc(Nc3cc(Cl)cc(Cl)c3)ncc2C1. The summed E-state index contributed by atoms with van der Waals surface area (Å²) < 4.78 is 0. The lowest BCUT2D eigenvalue weighted by Gasteiger charge is -2.28. The van der Waals surface area contributed by atoms with Crippen molar-refractivity contribution < 1.29 is 4.79 Å². The molecule has 2 amide bonds. The Morgan fingerprint density at radius 3 is 2.68 bits per heavy atom. The van der Waals surface area contributed by atoms with Crippen LogP contribution in [-0.4, -0.2) is 32.4 Å². The predicted octanol–water partition coefficient (Wildman–Crippen LogP) is 4.51. The normalized spacial score (nSPS) is 13.0. The molecule has 0 fully saturated rings. The number of urea groups is 1. The number of hydrogen-bond donors (Lipinski definition) is 2. The fraction of sp³-hybridized carbons (Fsp3) is 0.158. The summed E-state index contributed by atoms with van der Waals surface area (Å²) in [6, 6.07) is 8.56. The van der Waals surface area contributed by atoms with Gasteiger partial charge in [-0.05, 0) is 30.3 Å². The molecule has 0 unspecified atom stereocenters. The fourth-order valence-corrected chi connectivity index (χ4v) is 3.47. The number of benzene rings is 1. The molecule has 0 spiro atoms. The van der Waals surface area contributed by atoms with E-state index in [1.165, 1.54) is 0 Å². The molecule has 0 saturated carbocycles. The van der Waals surface area contributed by atoms with E-state index >= 15 is 0 Å². The average Bonchev–Trinajstić information content (AvgIpc) is 2.67. The van der Waals surface area contributed by atoms with E-state index < -0.39 is 0 Å². The number of hydrogen-bond acceptors (Lipinski definition) is 5. The van der Waals surface area contributed by atoms with Gasteiger partial charge < -0.3 is 15.5 Å². The molecule has 0 aliphatic carbocycles. The van der Waals surface area contributed by atoms with E-state index in [4.69, 9.17) is 23.2 Å². The summed E-state index contributed by atoms with van der Waals surface area (Å²) >= 11 is 12.0. The van der Waals surface area contributed by atoms with Crippen molar-refractivity contribution in [3.05, 3.63) is 70.2 Å². The second-order valence-electron chi connectivity index (χ2n) is 6.29. The van der Waals surface area contributed by atoms with Gasteiger partial charge in [0.1, 0.15) is 0 Å². The van der Waals surface area contributed by atoms with Crippen LogP contribution in [0.3, 0.4) is 0 Å². The third-order valence-electron chi connectivity index (χ3n) is 4.25. The van der Waals surface area contributed by atoms with E-state index in [0.29, 0.717) is 46.9 Å². The summed E-state index contributed by atoms with van der Waals surface area (Å²) in [5, 5.41) is 7.02. The third kappa shape index (κ3) is 4.32. The topological polar surface area (TPSA) is 83.0 Å². The highest BCUT2D eigenvalue weighted by atomic mass is 35.5. The summed E-state index contributed by atoms with van der Waals surface area (Å²) in [6.45, 7) is 1.02. The number of halogens is 2. The smallest absolute Gasteiger partial charge is 0.322 e. The second-order valence-corrected chi connectivity index (χ2v) is 7.16. The first-order valence-corrected chi connectivity index (χ1v) is 9.36. The lowest BCUT2D eigenvalue weighted by atomic mass is 10.1. The first-order valence-electron chi connectivity index (χ1n) is 8.61. The Bertz CT molecular complexity index is 994. The maximum atomic E-state index is 12.5. The highest BCUT2D eigenvalue weighted by molar-refractivity contribution is 6.35. The van der Waals surface area contributed by atoms with Crippen LogP contribution in [0.25, 0.3) is 0 Å². The molecule has 0 radical (unpaired) electrons. The van der Waals surface area contributed by atoms with Crippen molar-refractivity contribution in [2.45, 2.75) is 13.0 Å². The van der Waals surface area contributed by atoms with Gasteiger partial charge in [0.2, 0.25) is 5.95 Å². The van der Waals surface area contributed by atoms with Crippen LogP contribution in [-0.2, 0) is 13.0 Å². The van der Waals surface area contributed by atoms with Crippen LogP contribution >= 0.6 is 23.2 Å². The highest BCUT2D eigenvalue weighted by Crippen LogP contribution is 2.25. The van der Waals surface area contributed by atoms with Crippen molar-refractivity contribution >= 4 is 46.6 Å². The Labute approximate surface area is 171 Å². The zero-order valence-corrected chi connectivity index (χ0v) is 16.2. The number of amides is 2. The molecule has 1 aliphatic heterocycles. The fourth-order valence-electron chi connectivity index (χ4n) is 2.94. The number of carbonyl (C=O) groups excluding carboxylic acids is 1. The van der Waals surface area contributed by atoms with Crippen molar-refractivity contribution in [1.82, 2.24) is 19.9 Å². The summed E-state index contributed by atoms with van der Waals surface area (Å²) in [7, 11) is 0. The minimum atomic E-state index is -0.172. The molecule has 0 atom stereocenters. The van der Waals surface area contributed by atoms with E-state index in [2.05, 4.69) is 25.6 Å². The number of pyridine rings is 1. The van der Waals surface area contributed by atoms with Crippen molar-refractivity contribution in [2.24, 2.45) is 0 Å². The number of fused-ring (bicyclic) bond motifs is 1. The van der Waals surface area contributed by atoms with Crippen LogP contribution in [0.15, 0.2) is 48.9 Å². The Morgan fingerprint density at radius 1 is 1.11 bits per heavy atom. The van der Waals surface area contributed by atoms with Gasteiger partial charge in [0.05, 0.1) is 24.1 Å². The molecule has 142 valence electrons. The van der Waals surface area contributed by atoms with E-state index in [-0.39, 0.29) is 6.03 Å². The minimum absolute atomic E-state index is 0.172. The van der Waals surface area contributed by atoms with Gasteiger partial charge in [-0.15, -0.1) is 0 Å². The molecule has 3 heterocycles. The van der Waals surface area contributed by atoms with Gasteiger partial charge in [-0.3, -0.25) is 4.98 Å². The largest absolute Gasteiger partial charge is 0.324 e.